The van der Waals surface area contributed by atoms with E-state index in [1.54, 1.807) is 24.5 Å². The monoisotopic (exact) mass is 456 g/mol. The number of hydrogen-bond acceptors (Lipinski definition) is 4. The summed E-state index contributed by atoms with van der Waals surface area (Å²) in [7, 11) is 1.83. The van der Waals surface area contributed by atoms with E-state index in [9.17, 15) is 4.39 Å². The summed E-state index contributed by atoms with van der Waals surface area (Å²) < 4.78 is 14.5. The first kappa shape index (κ1) is 16.8. The Labute approximate surface area is 163 Å². The number of pyridine rings is 1. The molecular weight excluding hydrogens is 442 g/mol. The van der Waals surface area contributed by atoms with Crippen LogP contribution in [0.15, 0.2) is 60.9 Å². The van der Waals surface area contributed by atoms with Gasteiger partial charge < -0.3 is 5.32 Å². The molecule has 0 atom stereocenters. The third kappa shape index (κ3) is 3.12. The fraction of sp³-hybridized carbons (Fsp3) is 0.0500. The van der Waals surface area contributed by atoms with Gasteiger partial charge >= 0.3 is 0 Å². The van der Waals surface area contributed by atoms with Crippen molar-refractivity contribution in [3.63, 3.8) is 0 Å². The van der Waals surface area contributed by atoms with Gasteiger partial charge in [-0.05, 0) is 70.1 Å². The van der Waals surface area contributed by atoms with Gasteiger partial charge in [-0.15, -0.1) is 0 Å². The lowest BCUT2D eigenvalue weighted by Crippen LogP contribution is -1.99. The van der Waals surface area contributed by atoms with Gasteiger partial charge in [-0.1, -0.05) is 12.1 Å². The van der Waals surface area contributed by atoms with Crippen LogP contribution in [0, 0.1) is 9.39 Å². The van der Waals surface area contributed by atoms with E-state index in [0.717, 1.165) is 33.4 Å². The lowest BCUT2D eigenvalue weighted by Gasteiger charge is -2.10. The minimum absolute atomic E-state index is 0.222. The SMILES string of the molecule is CNc1nc(-c2cccnc2)nc2ccc(-c3ccc(I)c(F)c3)cc12. The fourth-order valence-electron chi connectivity index (χ4n) is 2.80. The van der Waals surface area contributed by atoms with Crippen molar-refractivity contribution in [3.05, 3.63) is 70.3 Å². The van der Waals surface area contributed by atoms with Gasteiger partial charge in [0.05, 0.1) is 5.52 Å². The lowest BCUT2D eigenvalue weighted by molar-refractivity contribution is 0.621. The van der Waals surface area contributed by atoms with Crippen LogP contribution in [0.2, 0.25) is 0 Å². The fourth-order valence-corrected chi connectivity index (χ4v) is 3.13. The van der Waals surface area contributed by atoms with Gasteiger partial charge in [0, 0.05) is 34.0 Å². The van der Waals surface area contributed by atoms with Crippen molar-refractivity contribution in [2.75, 3.05) is 12.4 Å². The van der Waals surface area contributed by atoms with Crippen LogP contribution >= 0.6 is 22.6 Å². The van der Waals surface area contributed by atoms with Crippen LogP contribution in [0.25, 0.3) is 33.4 Å². The summed E-state index contributed by atoms with van der Waals surface area (Å²) >= 11 is 1.98. The molecule has 4 aromatic rings. The van der Waals surface area contributed by atoms with Crippen molar-refractivity contribution in [1.29, 1.82) is 0 Å². The number of fused-ring (bicyclic) bond motifs is 1. The van der Waals surface area contributed by atoms with Crippen molar-refractivity contribution in [2.45, 2.75) is 0 Å². The number of halogens is 2. The van der Waals surface area contributed by atoms with Crippen LogP contribution in [0.1, 0.15) is 0 Å². The summed E-state index contributed by atoms with van der Waals surface area (Å²) in [5.41, 5.74) is 3.41. The second-order valence-corrected chi connectivity index (χ2v) is 6.91. The molecule has 1 N–H and O–H groups in total. The van der Waals surface area contributed by atoms with Crippen LogP contribution in [-0.4, -0.2) is 22.0 Å². The van der Waals surface area contributed by atoms with Crippen molar-refractivity contribution in [1.82, 2.24) is 15.0 Å². The summed E-state index contributed by atoms with van der Waals surface area (Å²) in [6.45, 7) is 0. The standard InChI is InChI=1S/C20H14FIN4/c1-23-20-15-9-12(13-4-6-17(22)16(21)10-13)5-7-18(15)25-19(26-20)14-3-2-8-24-11-14/h2-11H,1H3,(H,23,25,26). The van der Waals surface area contributed by atoms with Gasteiger partial charge in [0.2, 0.25) is 0 Å². The molecule has 2 heterocycles. The topological polar surface area (TPSA) is 50.7 Å². The zero-order valence-corrected chi connectivity index (χ0v) is 16.0. The van der Waals surface area contributed by atoms with E-state index < -0.39 is 0 Å². The molecule has 0 saturated carbocycles. The highest BCUT2D eigenvalue weighted by atomic mass is 127. The molecule has 0 fully saturated rings. The highest BCUT2D eigenvalue weighted by Gasteiger charge is 2.11. The molecule has 4 nitrogen and oxygen atoms in total. The summed E-state index contributed by atoms with van der Waals surface area (Å²) in [5, 5.41) is 4.02. The molecule has 0 spiro atoms. The molecule has 0 bridgehead atoms. The summed E-state index contributed by atoms with van der Waals surface area (Å²) in [6.07, 6.45) is 3.46. The van der Waals surface area contributed by atoms with E-state index in [1.807, 2.05) is 66.0 Å². The Balaban J connectivity index is 1.87. The summed E-state index contributed by atoms with van der Waals surface area (Å²) in [5.74, 6) is 1.12. The van der Waals surface area contributed by atoms with E-state index in [4.69, 9.17) is 0 Å². The molecule has 6 heteroatoms. The number of anilines is 1. The zero-order chi connectivity index (χ0) is 18.1. The molecule has 4 rings (SSSR count). The largest absolute Gasteiger partial charge is 0.373 e. The molecular formula is C20H14FIN4. The van der Waals surface area contributed by atoms with Crippen molar-refractivity contribution < 1.29 is 4.39 Å². The number of nitrogens with one attached hydrogen (secondary N) is 1. The van der Waals surface area contributed by atoms with Crippen molar-refractivity contribution in [2.24, 2.45) is 0 Å². The Bertz CT molecular complexity index is 1100. The predicted octanol–water partition coefficient (Wildman–Crippen LogP) is 5.14. The lowest BCUT2D eigenvalue weighted by atomic mass is 10.0. The molecule has 0 unspecified atom stereocenters. The Morgan fingerprint density at radius 2 is 1.77 bits per heavy atom. The molecule has 0 aliphatic carbocycles. The molecule has 0 saturated heterocycles. The Kier molecular flexibility index (Phi) is 4.50. The predicted molar refractivity (Wildman–Crippen MR) is 110 cm³/mol. The molecule has 0 aliphatic heterocycles. The van der Waals surface area contributed by atoms with Gasteiger partial charge in [0.1, 0.15) is 11.6 Å². The van der Waals surface area contributed by atoms with Gasteiger partial charge in [0.25, 0.3) is 0 Å². The number of aromatic nitrogens is 3. The van der Waals surface area contributed by atoms with Gasteiger partial charge in [-0.3, -0.25) is 4.98 Å². The maximum absolute atomic E-state index is 13.9. The molecule has 2 aromatic carbocycles. The van der Waals surface area contributed by atoms with Crippen LogP contribution < -0.4 is 5.32 Å². The summed E-state index contributed by atoms with van der Waals surface area (Å²) in [6, 6.07) is 14.9. The van der Waals surface area contributed by atoms with Gasteiger partial charge in [0.15, 0.2) is 5.82 Å². The molecule has 128 valence electrons. The highest BCUT2D eigenvalue weighted by molar-refractivity contribution is 14.1. The van der Waals surface area contributed by atoms with E-state index >= 15 is 0 Å². The minimum Gasteiger partial charge on any atom is -0.373 e. The van der Waals surface area contributed by atoms with Gasteiger partial charge in [-0.2, -0.15) is 0 Å². The normalized spacial score (nSPS) is 10.9. The molecule has 0 amide bonds. The third-order valence-electron chi connectivity index (χ3n) is 4.11. The zero-order valence-electron chi connectivity index (χ0n) is 13.9. The number of rotatable bonds is 3. The maximum Gasteiger partial charge on any atom is 0.163 e. The van der Waals surface area contributed by atoms with Crippen LogP contribution in [0.5, 0.6) is 0 Å². The van der Waals surface area contributed by atoms with Crippen molar-refractivity contribution in [3.8, 4) is 22.5 Å². The third-order valence-corrected chi connectivity index (χ3v) is 4.98. The first-order chi connectivity index (χ1) is 12.7. The second-order valence-electron chi connectivity index (χ2n) is 5.75. The van der Waals surface area contributed by atoms with E-state index in [2.05, 4.69) is 20.3 Å². The molecule has 26 heavy (non-hydrogen) atoms. The van der Waals surface area contributed by atoms with E-state index in [0.29, 0.717) is 9.39 Å². The minimum atomic E-state index is -0.222. The highest BCUT2D eigenvalue weighted by Crippen LogP contribution is 2.30. The first-order valence-corrected chi connectivity index (χ1v) is 9.09. The molecule has 0 aliphatic rings. The number of benzene rings is 2. The Morgan fingerprint density at radius 3 is 2.50 bits per heavy atom. The quantitative estimate of drug-likeness (QED) is 0.434. The average molecular weight is 456 g/mol. The van der Waals surface area contributed by atoms with Crippen molar-refractivity contribution >= 4 is 39.3 Å². The maximum atomic E-state index is 13.9. The van der Waals surface area contributed by atoms with E-state index in [-0.39, 0.29) is 5.82 Å². The Hall–Kier alpha value is -2.61. The second kappa shape index (κ2) is 6.95. The smallest absolute Gasteiger partial charge is 0.163 e. The number of nitrogens with zero attached hydrogens (tertiary/aromatic N) is 3. The van der Waals surface area contributed by atoms with E-state index in [1.165, 1.54) is 0 Å². The number of hydrogen-bond donors (Lipinski definition) is 1. The van der Waals surface area contributed by atoms with Gasteiger partial charge in [-0.25, -0.2) is 14.4 Å². The van der Waals surface area contributed by atoms with Crippen LogP contribution in [0.3, 0.4) is 0 Å². The first-order valence-electron chi connectivity index (χ1n) is 8.01. The summed E-state index contributed by atoms with van der Waals surface area (Å²) in [4.78, 5) is 13.4. The van der Waals surface area contributed by atoms with Crippen LogP contribution in [-0.2, 0) is 0 Å². The molecule has 2 aromatic heterocycles. The Morgan fingerprint density at radius 1 is 0.962 bits per heavy atom. The average Bonchev–Trinajstić information content (AvgIpc) is 2.69. The molecule has 0 radical (unpaired) electrons. The van der Waals surface area contributed by atoms with Crippen LogP contribution in [0.4, 0.5) is 10.2 Å².